The van der Waals surface area contributed by atoms with Crippen molar-refractivity contribution in [1.82, 2.24) is 9.80 Å². The normalized spacial score (nSPS) is 13.5. The molecule has 0 fully saturated rings. The lowest BCUT2D eigenvalue weighted by Gasteiger charge is -2.28. The van der Waals surface area contributed by atoms with Crippen molar-refractivity contribution >= 4 is 22.6 Å². The van der Waals surface area contributed by atoms with Gasteiger partial charge < -0.3 is 9.64 Å². The Bertz CT molecular complexity index is 1070. The van der Waals surface area contributed by atoms with E-state index in [1.165, 1.54) is 4.90 Å². The molecule has 4 rings (SSSR count). The van der Waals surface area contributed by atoms with Gasteiger partial charge in [0.2, 0.25) is 0 Å². The molecule has 0 radical (unpaired) electrons. The number of benzene rings is 3. The highest BCUT2D eigenvalue weighted by Gasteiger charge is 2.33. The van der Waals surface area contributed by atoms with Crippen LogP contribution in [0, 0.1) is 0 Å². The maximum Gasteiger partial charge on any atom is 0.261 e. The van der Waals surface area contributed by atoms with Crippen molar-refractivity contribution in [3.05, 3.63) is 65.7 Å². The van der Waals surface area contributed by atoms with Gasteiger partial charge in [0.15, 0.2) is 0 Å². The topological polar surface area (TPSA) is 49.9 Å². The molecule has 0 saturated carbocycles. The zero-order valence-electron chi connectivity index (χ0n) is 16.2. The van der Waals surface area contributed by atoms with E-state index in [4.69, 9.17) is 4.74 Å². The molecule has 5 heteroatoms. The molecule has 0 saturated heterocycles. The first kappa shape index (κ1) is 18.2. The van der Waals surface area contributed by atoms with Crippen LogP contribution in [0.4, 0.5) is 0 Å². The summed E-state index contributed by atoms with van der Waals surface area (Å²) < 4.78 is 5.52. The maximum atomic E-state index is 13.1. The number of rotatable bonds is 5. The molecule has 3 aromatic carbocycles. The molecule has 1 heterocycles. The van der Waals surface area contributed by atoms with Gasteiger partial charge in [-0.3, -0.25) is 14.5 Å². The van der Waals surface area contributed by atoms with Gasteiger partial charge in [-0.2, -0.15) is 0 Å². The predicted molar refractivity (Wildman–Crippen MR) is 110 cm³/mol. The zero-order chi connectivity index (χ0) is 19.8. The van der Waals surface area contributed by atoms with E-state index >= 15 is 0 Å². The second kappa shape index (κ2) is 7.09. The van der Waals surface area contributed by atoms with Gasteiger partial charge in [-0.25, -0.2) is 0 Å². The van der Waals surface area contributed by atoms with Gasteiger partial charge in [0.05, 0.1) is 7.11 Å². The number of amides is 2. The third kappa shape index (κ3) is 2.84. The van der Waals surface area contributed by atoms with Crippen molar-refractivity contribution in [2.45, 2.75) is 0 Å². The molecule has 0 unspecified atom stereocenters. The van der Waals surface area contributed by atoms with Crippen LogP contribution in [-0.4, -0.2) is 55.9 Å². The molecular weight excluding hydrogens is 352 g/mol. The van der Waals surface area contributed by atoms with Crippen LogP contribution in [-0.2, 0) is 0 Å². The van der Waals surface area contributed by atoms with Crippen LogP contribution in [0.1, 0.15) is 20.7 Å². The SMILES string of the molecule is COc1ccccc1-c1ccc2c3c(cccc13)C(=O)N(CCN(C)C)C2=O. The number of hydrogen-bond acceptors (Lipinski definition) is 4. The number of methoxy groups -OCH3 is 1. The lowest BCUT2D eigenvalue weighted by atomic mass is 9.89. The summed E-state index contributed by atoms with van der Waals surface area (Å²) in [6.45, 7) is 0.997. The second-order valence-electron chi connectivity index (χ2n) is 7.15. The largest absolute Gasteiger partial charge is 0.496 e. The third-order valence-electron chi connectivity index (χ3n) is 5.16. The quantitative estimate of drug-likeness (QED) is 0.640. The Balaban J connectivity index is 1.91. The standard InChI is InChI=1S/C23H22N2O3/c1-24(2)13-14-25-22(26)18-9-6-8-17-15(11-12-19(21(17)18)23(25)27)16-7-4-5-10-20(16)28-3/h4-12H,13-14H2,1-3H3. The molecule has 0 aliphatic carbocycles. The molecule has 142 valence electrons. The summed E-state index contributed by atoms with van der Waals surface area (Å²) in [6, 6.07) is 17.2. The number of para-hydroxylation sites is 1. The van der Waals surface area contributed by atoms with Crippen LogP contribution < -0.4 is 4.74 Å². The Labute approximate surface area is 164 Å². The van der Waals surface area contributed by atoms with Crippen LogP contribution in [0.3, 0.4) is 0 Å². The van der Waals surface area contributed by atoms with Crippen molar-refractivity contribution in [2.24, 2.45) is 0 Å². The highest BCUT2D eigenvalue weighted by Crippen LogP contribution is 2.39. The monoisotopic (exact) mass is 374 g/mol. The smallest absolute Gasteiger partial charge is 0.261 e. The molecule has 0 N–H and O–H groups in total. The van der Waals surface area contributed by atoms with Crippen molar-refractivity contribution in [3.8, 4) is 16.9 Å². The van der Waals surface area contributed by atoms with Crippen LogP contribution in [0.2, 0.25) is 0 Å². The molecule has 0 atom stereocenters. The van der Waals surface area contributed by atoms with Gasteiger partial charge in [0, 0.05) is 35.2 Å². The molecule has 2 amide bonds. The first-order valence-electron chi connectivity index (χ1n) is 9.23. The molecule has 3 aromatic rings. The number of carbonyl (C=O) groups excluding carboxylic acids is 2. The molecule has 28 heavy (non-hydrogen) atoms. The first-order valence-corrected chi connectivity index (χ1v) is 9.23. The fourth-order valence-corrected chi connectivity index (χ4v) is 3.75. The van der Waals surface area contributed by atoms with Gasteiger partial charge in [-0.15, -0.1) is 0 Å². The molecule has 0 aromatic heterocycles. The van der Waals surface area contributed by atoms with E-state index < -0.39 is 0 Å². The number of nitrogens with zero attached hydrogens (tertiary/aromatic N) is 2. The number of hydrogen-bond donors (Lipinski definition) is 0. The first-order chi connectivity index (χ1) is 13.5. The van der Waals surface area contributed by atoms with Gasteiger partial charge in [-0.05, 0) is 43.2 Å². The molecule has 1 aliphatic heterocycles. The Hall–Kier alpha value is -3.18. The van der Waals surface area contributed by atoms with Crippen LogP contribution in [0.5, 0.6) is 5.75 Å². The minimum absolute atomic E-state index is 0.234. The zero-order valence-corrected chi connectivity index (χ0v) is 16.2. The summed E-state index contributed by atoms with van der Waals surface area (Å²) in [6.07, 6.45) is 0. The van der Waals surface area contributed by atoms with Gasteiger partial charge in [-0.1, -0.05) is 36.4 Å². The molecule has 0 bridgehead atoms. The second-order valence-corrected chi connectivity index (χ2v) is 7.15. The fraction of sp³-hybridized carbons (Fsp3) is 0.217. The summed E-state index contributed by atoms with van der Waals surface area (Å²) in [7, 11) is 5.49. The predicted octanol–water partition coefficient (Wildman–Crippen LogP) is 3.67. The minimum atomic E-state index is -0.234. The summed E-state index contributed by atoms with van der Waals surface area (Å²) in [4.78, 5) is 29.4. The number of carbonyl (C=O) groups is 2. The molecule has 5 nitrogen and oxygen atoms in total. The maximum absolute atomic E-state index is 13.1. The summed E-state index contributed by atoms with van der Waals surface area (Å²) in [5.41, 5.74) is 3.02. The van der Waals surface area contributed by atoms with Crippen LogP contribution in [0.25, 0.3) is 21.9 Å². The highest BCUT2D eigenvalue weighted by molar-refractivity contribution is 6.27. The van der Waals surface area contributed by atoms with E-state index in [1.807, 2.05) is 67.5 Å². The van der Waals surface area contributed by atoms with E-state index in [9.17, 15) is 9.59 Å². The minimum Gasteiger partial charge on any atom is -0.496 e. The lowest BCUT2D eigenvalue weighted by molar-refractivity contribution is 0.0601. The Morgan fingerprint density at radius 1 is 0.821 bits per heavy atom. The Morgan fingerprint density at radius 3 is 2.18 bits per heavy atom. The molecule has 0 spiro atoms. The average molecular weight is 374 g/mol. The van der Waals surface area contributed by atoms with E-state index in [0.717, 1.165) is 27.6 Å². The summed E-state index contributed by atoms with van der Waals surface area (Å²) >= 11 is 0. The van der Waals surface area contributed by atoms with E-state index in [2.05, 4.69) is 0 Å². The third-order valence-corrected chi connectivity index (χ3v) is 5.16. The molecular formula is C23H22N2O3. The van der Waals surface area contributed by atoms with E-state index in [1.54, 1.807) is 13.2 Å². The fourth-order valence-electron chi connectivity index (χ4n) is 3.75. The number of ether oxygens (including phenoxy) is 1. The summed E-state index contributed by atoms with van der Waals surface area (Å²) in [5.74, 6) is 0.286. The van der Waals surface area contributed by atoms with E-state index in [0.29, 0.717) is 24.2 Å². The number of likely N-dealkylation sites (N-methyl/N-ethyl adjacent to an activating group) is 1. The average Bonchev–Trinajstić information content (AvgIpc) is 2.71. The van der Waals surface area contributed by atoms with Gasteiger partial charge >= 0.3 is 0 Å². The van der Waals surface area contributed by atoms with Crippen molar-refractivity contribution in [2.75, 3.05) is 34.3 Å². The summed E-state index contributed by atoms with van der Waals surface area (Å²) in [5, 5.41) is 1.61. The lowest BCUT2D eigenvalue weighted by Crippen LogP contribution is -2.43. The van der Waals surface area contributed by atoms with Crippen LogP contribution >= 0.6 is 0 Å². The molecule has 1 aliphatic rings. The number of imide groups is 1. The van der Waals surface area contributed by atoms with Crippen molar-refractivity contribution < 1.29 is 14.3 Å². The highest BCUT2D eigenvalue weighted by atomic mass is 16.5. The van der Waals surface area contributed by atoms with Crippen LogP contribution in [0.15, 0.2) is 54.6 Å². The van der Waals surface area contributed by atoms with E-state index in [-0.39, 0.29) is 11.8 Å². The van der Waals surface area contributed by atoms with Gasteiger partial charge in [0.1, 0.15) is 5.75 Å². The Morgan fingerprint density at radius 2 is 1.46 bits per heavy atom. The van der Waals surface area contributed by atoms with Crippen molar-refractivity contribution in [1.29, 1.82) is 0 Å². The Kier molecular flexibility index (Phi) is 4.61. The van der Waals surface area contributed by atoms with Gasteiger partial charge in [0.25, 0.3) is 11.8 Å². The van der Waals surface area contributed by atoms with Crippen molar-refractivity contribution in [3.63, 3.8) is 0 Å².